The quantitative estimate of drug-likeness (QED) is 0.676. The molecule has 1 heterocycles. The molecule has 0 spiro atoms. The van der Waals surface area contributed by atoms with E-state index < -0.39 is 28.5 Å². The second-order valence-electron chi connectivity index (χ2n) is 6.70. The molecule has 1 atom stereocenters. The lowest BCUT2D eigenvalue weighted by Gasteiger charge is -2.24. The number of carbonyl (C=O) groups is 1. The number of fused-ring (bicyclic) bond motifs is 1. The predicted molar refractivity (Wildman–Crippen MR) is 111 cm³/mol. The number of nitrogens with one attached hydrogen (secondary N) is 1. The molecule has 1 unspecified atom stereocenters. The first-order valence-electron chi connectivity index (χ1n) is 9.11. The van der Waals surface area contributed by atoms with E-state index in [1.54, 1.807) is 44.4 Å². The van der Waals surface area contributed by atoms with Gasteiger partial charge in [-0.25, -0.2) is 8.42 Å². The molecule has 2 aromatic rings. The highest BCUT2D eigenvalue weighted by Crippen LogP contribution is 2.36. The van der Waals surface area contributed by atoms with E-state index in [4.69, 9.17) is 18.9 Å². The highest BCUT2D eigenvalue weighted by Gasteiger charge is 2.25. The van der Waals surface area contributed by atoms with Gasteiger partial charge in [-0.1, -0.05) is 0 Å². The lowest BCUT2D eigenvalue weighted by Crippen LogP contribution is -2.41. The maximum atomic E-state index is 12.7. The normalized spacial score (nSPS) is 13.5. The van der Waals surface area contributed by atoms with E-state index >= 15 is 0 Å². The van der Waals surface area contributed by atoms with E-state index in [1.807, 2.05) is 0 Å². The van der Waals surface area contributed by atoms with Crippen molar-refractivity contribution in [3.05, 3.63) is 42.0 Å². The number of carbonyl (C=O) groups excluding carboxylic acids is 1. The van der Waals surface area contributed by atoms with Gasteiger partial charge in [-0.15, -0.1) is 0 Å². The van der Waals surface area contributed by atoms with Gasteiger partial charge in [-0.2, -0.15) is 0 Å². The molecule has 2 aromatic carbocycles. The van der Waals surface area contributed by atoms with Crippen molar-refractivity contribution in [1.29, 1.82) is 0 Å². The smallest absolute Gasteiger partial charge is 0.241 e. The number of benzene rings is 2. The van der Waals surface area contributed by atoms with Crippen LogP contribution in [0.15, 0.2) is 36.4 Å². The van der Waals surface area contributed by atoms with Gasteiger partial charge in [0, 0.05) is 11.6 Å². The number of hydrogen-bond acceptors (Lipinski definition) is 7. The number of hydrogen-bond donors (Lipinski definition) is 1. The number of anilines is 1. The molecule has 10 heteroatoms. The summed E-state index contributed by atoms with van der Waals surface area (Å²) in [6, 6.07) is 9.52. The molecule has 162 valence electrons. The summed E-state index contributed by atoms with van der Waals surface area (Å²) in [4.78, 5) is 12.7. The molecular weight excluding hydrogens is 412 g/mol. The Hall–Kier alpha value is -3.14. The van der Waals surface area contributed by atoms with E-state index in [-0.39, 0.29) is 6.79 Å². The average molecular weight is 436 g/mol. The van der Waals surface area contributed by atoms with Crippen LogP contribution in [0.3, 0.4) is 0 Å². The summed E-state index contributed by atoms with van der Waals surface area (Å²) in [5, 5.41) is 2.81. The second kappa shape index (κ2) is 8.70. The van der Waals surface area contributed by atoms with Crippen LogP contribution in [0.2, 0.25) is 0 Å². The fraction of sp³-hybridized carbons (Fsp3) is 0.350. The van der Waals surface area contributed by atoms with Crippen molar-refractivity contribution in [2.75, 3.05) is 38.1 Å². The molecule has 30 heavy (non-hydrogen) atoms. The van der Waals surface area contributed by atoms with Crippen LogP contribution in [0.1, 0.15) is 18.5 Å². The minimum Gasteiger partial charge on any atom is -0.497 e. The monoisotopic (exact) mass is 436 g/mol. The van der Waals surface area contributed by atoms with Crippen molar-refractivity contribution >= 4 is 21.6 Å². The largest absolute Gasteiger partial charge is 0.497 e. The Morgan fingerprint density at radius 1 is 1.13 bits per heavy atom. The van der Waals surface area contributed by atoms with Crippen LogP contribution in [0.5, 0.6) is 23.0 Å². The van der Waals surface area contributed by atoms with E-state index in [1.165, 1.54) is 13.2 Å². The van der Waals surface area contributed by atoms with Crippen LogP contribution in [-0.2, 0) is 14.8 Å². The highest BCUT2D eigenvalue weighted by atomic mass is 32.2. The number of rotatable bonds is 8. The van der Waals surface area contributed by atoms with Crippen LogP contribution in [0.25, 0.3) is 0 Å². The fourth-order valence-corrected chi connectivity index (χ4v) is 3.96. The first-order valence-corrected chi connectivity index (χ1v) is 11.0. The van der Waals surface area contributed by atoms with Gasteiger partial charge in [0.2, 0.25) is 22.7 Å². The number of ether oxygens (including phenoxy) is 4. The maximum Gasteiger partial charge on any atom is 0.241 e. The van der Waals surface area contributed by atoms with E-state index in [2.05, 4.69) is 5.32 Å². The van der Waals surface area contributed by atoms with Crippen LogP contribution in [0.4, 0.5) is 5.69 Å². The summed E-state index contributed by atoms with van der Waals surface area (Å²) in [6.45, 7) is 1.45. The van der Waals surface area contributed by atoms with Crippen LogP contribution in [-0.4, -0.2) is 48.1 Å². The molecule has 0 fully saturated rings. The number of nitrogens with zero attached hydrogens (tertiary/aromatic N) is 1. The van der Waals surface area contributed by atoms with Gasteiger partial charge in [0.1, 0.15) is 18.0 Å². The Kier molecular flexibility index (Phi) is 6.25. The summed E-state index contributed by atoms with van der Waals surface area (Å²) >= 11 is 0. The zero-order valence-electron chi connectivity index (χ0n) is 17.2. The molecule has 3 rings (SSSR count). The first-order chi connectivity index (χ1) is 14.2. The van der Waals surface area contributed by atoms with Crippen LogP contribution in [0, 0.1) is 0 Å². The second-order valence-corrected chi connectivity index (χ2v) is 8.61. The van der Waals surface area contributed by atoms with Crippen molar-refractivity contribution < 1.29 is 32.2 Å². The molecule has 1 aliphatic rings. The minimum absolute atomic E-state index is 0.0675. The van der Waals surface area contributed by atoms with E-state index in [0.29, 0.717) is 34.2 Å². The number of sulfonamides is 1. The fourth-order valence-electron chi connectivity index (χ4n) is 3.11. The molecule has 0 saturated carbocycles. The molecule has 1 aliphatic heterocycles. The van der Waals surface area contributed by atoms with E-state index in [0.717, 1.165) is 10.6 Å². The zero-order valence-corrected chi connectivity index (χ0v) is 18.0. The predicted octanol–water partition coefficient (Wildman–Crippen LogP) is 2.08. The first kappa shape index (κ1) is 21.6. The minimum atomic E-state index is -3.72. The Bertz CT molecular complexity index is 1040. The van der Waals surface area contributed by atoms with Gasteiger partial charge < -0.3 is 24.3 Å². The lowest BCUT2D eigenvalue weighted by atomic mass is 10.1. The number of methoxy groups -OCH3 is 2. The molecule has 9 nitrogen and oxygen atoms in total. The molecule has 0 saturated heterocycles. The maximum absolute atomic E-state index is 12.7. The third-order valence-electron chi connectivity index (χ3n) is 4.61. The average Bonchev–Trinajstić information content (AvgIpc) is 3.18. The van der Waals surface area contributed by atoms with Gasteiger partial charge >= 0.3 is 0 Å². The molecule has 0 bridgehead atoms. The Labute approximate surface area is 175 Å². The lowest BCUT2D eigenvalue weighted by molar-refractivity contribution is -0.120. The van der Waals surface area contributed by atoms with Gasteiger partial charge in [-0.05, 0) is 37.3 Å². The SMILES string of the molecule is COc1ccc(OC)c(C(C)NC(=O)CN(c2ccc3c(c2)OCO3)S(C)(=O)=O)c1. The zero-order chi connectivity index (χ0) is 21.9. The van der Waals surface area contributed by atoms with Gasteiger partial charge in [-0.3, -0.25) is 9.10 Å². The Morgan fingerprint density at radius 2 is 1.87 bits per heavy atom. The summed E-state index contributed by atoms with van der Waals surface area (Å²) in [6.07, 6.45) is 1.04. The van der Waals surface area contributed by atoms with Gasteiger partial charge in [0.15, 0.2) is 11.5 Å². The van der Waals surface area contributed by atoms with Gasteiger partial charge in [0.25, 0.3) is 0 Å². The molecule has 0 aliphatic carbocycles. The van der Waals surface area contributed by atoms with Crippen molar-refractivity contribution in [2.24, 2.45) is 0 Å². The Morgan fingerprint density at radius 3 is 2.53 bits per heavy atom. The molecule has 1 N–H and O–H groups in total. The van der Waals surface area contributed by atoms with Crippen LogP contribution < -0.4 is 28.6 Å². The summed E-state index contributed by atoms with van der Waals surface area (Å²) in [7, 11) is -0.644. The third kappa shape index (κ3) is 4.70. The molecule has 0 aromatic heterocycles. The van der Waals surface area contributed by atoms with E-state index in [9.17, 15) is 13.2 Å². The highest BCUT2D eigenvalue weighted by molar-refractivity contribution is 7.92. The number of amides is 1. The standard InChI is InChI=1S/C20H24N2O7S/c1-13(16-10-15(26-2)6-8-17(16)27-3)21-20(23)11-22(30(4,24)25)14-5-7-18-19(9-14)29-12-28-18/h5-10,13H,11-12H2,1-4H3,(H,21,23). The van der Waals surface area contributed by atoms with Crippen molar-refractivity contribution in [2.45, 2.75) is 13.0 Å². The van der Waals surface area contributed by atoms with Crippen LogP contribution >= 0.6 is 0 Å². The summed E-state index contributed by atoms with van der Waals surface area (Å²) in [5.41, 5.74) is 1.02. The van der Waals surface area contributed by atoms with Crippen molar-refractivity contribution in [3.63, 3.8) is 0 Å². The van der Waals surface area contributed by atoms with Gasteiger partial charge in [0.05, 0.1) is 32.2 Å². The summed E-state index contributed by atoms with van der Waals surface area (Å²) in [5.74, 6) is 1.67. The third-order valence-corrected chi connectivity index (χ3v) is 5.75. The summed E-state index contributed by atoms with van der Waals surface area (Å²) < 4.78 is 46.9. The molecule has 0 radical (unpaired) electrons. The molecular formula is C20H24N2O7S. The van der Waals surface area contributed by atoms with Crippen molar-refractivity contribution in [1.82, 2.24) is 5.32 Å². The molecule has 1 amide bonds. The Balaban J connectivity index is 1.79. The van der Waals surface area contributed by atoms with Crippen molar-refractivity contribution in [3.8, 4) is 23.0 Å². The topological polar surface area (TPSA) is 103 Å².